The van der Waals surface area contributed by atoms with E-state index in [2.05, 4.69) is 10.6 Å². The van der Waals surface area contributed by atoms with E-state index < -0.39 is 0 Å². The zero-order valence-corrected chi connectivity index (χ0v) is 10.4. The summed E-state index contributed by atoms with van der Waals surface area (Å²) in [6.45, 7) is 4.81. The van der Waals surface area contributed by atoms with Crippen molar-refractivity contribution >= 4 is 11.8 Å². The number of amides is 2. The smallest absolute Gasteiger partial charge is 0.227 e. The monoisotopic (exact) mass is 239 g/mol. The molecular weight excluding hydrogens is 218 g/mol. The van der Waals surface area contributed by atoms with Gasteiger partial charge in [0.1, 0.15) is 0 Å². The predicted octanol–water partition coefficient (Wildman–Crippen LogP) is -0.277. The fourth-order valence-electron chi connectivity index (χ4n) is 2.69. The minimum absolute atomic E-state index is 0.0105. The van der Waals surface area contributed by atoms with E-state index in [4.69, 9.17) is 0 Å². The molecule has 17 heavy (non-hydrogen) atoms. The van der Waals surface area contributed by atoms with Gasteiger partial charge in [0, 0.05) is 32.6 Å². The maximum atomic E-state index is 12.2. The molecule has 5 nitrogen and oxygen atoms in total. The SMILES string of the molecule is CC(=O)NC1CCN(C(=O)[C@H]2CCCNC2)C1. The third-order valence-electron chi connectivity index (χ3n) is 3.55. The highest BCUT2D eigenvalue weighted by Gasteiger charge is 2.31. The first kappa shape index (κ1) is 12.4. The minimum Gasteiger partial charge on any atom is -0.352 e. The molecule has 96 valence electrons. The first-order chi connectivity index (χ1) is 8.16. The van der Waals surface area contributed by atoms with Crippen LogP contribution in [0.15, 0.2) is 0 Å². The average Bonchev–Trinajstić information content (AvgIpc) is 2.77. The lowest BCUT2D eigenvalue weighted by Gasteiger charge is -2.26. The molecule has 0 saturated carbocycles. The Morgan fingerprint density at radius 3 is 2.82 bits per heavy atom. The van der Waals surface area contributed by atoms with Crippen molar-refractivity contribution in [3.8, 4) is 0 Å². The highest BCUT2D eigenvalue weighted by Crippen LogP contribution is 2.17. The molecule has 2 atom stereocenters. The standard InChI is InChI=1S/C12H21N3O2/c1-9(16)14-11-4-6-15(8-11)12(17)10-3-2-5-13-7-10/h10-11,13H,2-8H2,1H3,(H,14,16)/t10-,11?/m0/s1. The molecule has 2 aliphatic rings. The molecule has 0 bridgehead atoms. The Morgan fingerprint density at radius 1 is 1.35 bits per heavy atom. The summed E-state index contributed by atoms with van der Waals surface area (Å²) in [6, 6.07) is 0.146. The van der Waals surface area contributed by atoms with Crippen molar-refractivity contribution < 1.29 is 9.59 Å². The largest absolute Gasteiger partial charge is 0.352 e. The van der Waals surface area contributed by atoms with E-state index in [1.54, 1.807) is 0 Å². The van der Waals surface area contributed by atoms with E-state index in [0.29, 0.717) is 6.54 Å². The van der Waals surface area contributed by atoms with Gasteiger partial charge in [-0.2, -0.15) is 0 Å². The number of rotatable bonds is 2. The number of nitrogens with one attached hydrogen (secondary N) is 2. The Morgan fingerprint density at radius 2 is 2.18 bits per heavy atom. The third-order valence-corrected chi connectivity index (χ3v) is 3.55. The van der Waals surface area contributed by atoms with Gasteiger partial charge in [0.15, 0.2) is 0 Å². The lowest BCUT2D eigenvalue weighted by Crippen LogP contribution is -2.43. The van der Waals surface area contributed by atoms with Gasteiger partial charge < -0.3 is 15.5 Å². The lowest BCUT2D eigenvalue weighted by molar-refractivity contribution is -0.135. The molecule has 2 heterocycles. The van der Waals surface area contributed by atoms with Gasteiger partial charge in [-0.05, 0) is 25.8 Å². The molecule has 0 aromatic heterocycles. The van der Waals surface area contributed by atoms with Gasteiger partial charge in [0.2, 0.25) is 11.8 Å². The summed E-state index contributed by atoms with van der Waals surface area (Å²) >= 11 is 0. The lowest BCUT2D eigenvalue weighted by atomic mass is 9.98. The van der Waals surface area contributed by atoms with Gasteiger partial charge in [-0.1, -0.05) is 0 Å². The van der Waals surface area contributed by atoms with Crippen molar-refractivity contribution in [2.45, 2.75) is 32.2 Å². The summed E-state index contributed by atoms with van der Waals surface area (Å²) < 4.78 is 0. The second-order valence-corrected chi connectivity index (χ2v) is 5.01. The Labute approximate surface area is 102 Å². The maximum Gasteiger partial charge on any atom is 0.227 e. The molecule has 2 saturated heterocycles. The summed E-state index contributed by atoms with van der Waals surface area (Å²) in [5.74, 6) is 0.383. The van der Waals surface area contributed by atoms with Gasteiger partial charge in [0.25, 0.3) is 0 Å². The van der Waals surface area contributed by atoms with E-state index in [9.17, 15) is 9.59 Å². The topological polar surface area (TPSA) is 61.4 Å². The van der Waals surface area contributed by atoms with Crippen molar-refractivity contribution in [3.05, 3.63) is 0 Å². The first-order valence-corrected chi connectivity index (χ1v) is 6.43. The second-order valence-electron chi connectivity index (χ2n) is 5.01. The molecule has 0 spiro atoms. The minimum atomic E-state index is -0.0105. The van der Waals surface area contributed by atoms with Crippen LogP contribution in [0.5, 0.6) is 0 Å². The molecule has 0 aromatic rings. The quantitative estimate of drug-likeness (QED) is 0.697. The van der Waals surface area contributed by atoms with Crippen LogP contribution in [0.2, 0.25) is 0 Å². The number of carbonyl (C=O) groups excluding carboxylic acids is 2. The molecule has 5 heteroatoms. The number of likely N-dealkylation sites (tertiary alicyclic amines) is 1. The van der Waals surface area contributed by atoms with Crippen LogP contribution in [0, 0.1) is 5.92 Å². The van der Waals surface area contributed by atoms with E-state index in [1.165, 1.54) is 6.92 Å². The highest BCUT2D eigenvalue weighted by atomic mass is 16.2. The normalized spacial score (nSPS) is 29.1. The summed E-state index contributed by atoms with van der Waals surface area (Å²) in [6.07, 6.45) is 2.96. The first-order valence-electron chi connectivity index (χ1n) is 6.43. The van der Waals surface area contributed by atoms with Crippen LogP contribution in [-0.4, -0.2) is 48.9 Å². The summed E-state index contributed by atoms with van der Waals surface area (Å²) in [7, 11) is 0. The predicted molar refractivity (Wildman–Crippen MR) is 64.4 cm³/mol. The average molecular weight is 239 g/mol. The van der Waals surface area contributed by atoms with Crippen LogP contribution in [0.3, 0.4) is 0 Å². The highest BCUT2D eigenvalue weighted by molar-refractivity contribution is 5.80. The van der Waals surface area contributed by atoms with Gasteiger partial charge in [-0.3, -0.25) is 9.59 Å². The molecule has 1 unspecified atom stereocenters. The number of piperidine rings is 1. The number of nitrogens with zero attached hydrogens (tertiary/aromatic N) is 1. The Balaban J connectivity index is 1.82. The molecule has 0 aromatic carbocycles. The molecule has 2 rings (SSSR count). The fraction of sp³-hybridized carbons (Fsp3) is 0.833. The summed E-state index contributed by atoms with van der Waals surface area (Å²) in [5.41, 5.74) is 0. The van der Waals surface area contributed by atoms with Gasteiger partial charge in [-0.25, -0.2) is 0 Å². The summed E-state index contributed by atoms with van der Waals surface area (Å²) in [4.78, 5) is 25.1. The van der Waals surface area contributed by atoms with Crippen molar-refractivity contribution in [2.75, 3.05) is 26.2 Å². The van der Waals surface area contributed by atoms with Crippen LogP contribution >= 0.6 is 0 Å². The Hall–Kier alpha value is -1.10. The second kappa shape index (κ2) is 5.49. The molecule has 2 N–H and O–H groups in total. The fourth-order valence-corrected chi connectivity index (χ4v) is 2.69. The van der Waals surface area contributed by atoms with Crippen molar-refractivity contribution in [2.24, 2.45) is 5.92 Å². The zero-order valence-electron chi connectivity index (χ0n) is 10.4. The maximum absolute atomic E-state index is 12.2. The van der Waals surface area contributed by atoms with Crippen molar-refractivity contribution in [1.29, 1.82) is 0 Å². The number of hydrogen-bond acceptors (Lipinski definition) is 3. The van der Waals surface area contributed by atoms with Crippen LogP contribution in [0.25, 0.3) is 0 Å². The molecule has 0 aliphatic carbocycles. The molecule has 2 aliphatic heterocycles. The van der Waals surface area contributed by atoms with Crippen molar-refractivity contribution in [3.63, 3.8) is 0 Å². The van der Waals surface area contributed by atoms with E-state index in [-0.39, 0.29) is 23.8 Å². The zero-order chi connectivity index (χ0) is 12.3. The number of hydrogen-bond donors (Lipinski definition) is 2. The molecular formula is C12H21N3O2. The van der Waals surface area contributed by atoms with E-state index in [0.717, 1.165) is 38.9 Å². The molecule has 2 fully saturated rings. The van der Waals surface area contributed by atoms with Crippen LogP contribution in [0.1, 0.15) is 26.2 Å². The van der Waals surface area contributed by atoms with Crippen LogP contribution in [0.4, 0.5) is 0 Å². The van der Waals surface area contributed by atoms with Gasteiger partial charge in [-0.15, -0.1) is 0 Å². The van der Waals surface area contributed by atoms with Crippen molar-refractivity contribution in [1.82, 2.24) is 15.5 Å². The summed E-state index contributed by atoms with van der Waals surface area (Å²) in [5, 5.41) is 6.15. The number of carbonyl (C=O) groups is 2. The van der Waals surface area contributed by atoms with E-state index in [1.807, 2.05) is 4.90 Å². The van der Waals surface area contributed by atoms with Gasteiger partial charge >= 0.3 is 0 Å². The Kier molecular flexibility index (Phi) is 3.99. The van der Waals surface area contributed by atoms with Gasteiger partial charge in [0.05, 0.1) is 5.92 Å². The third kappa shape index (κ3) is 3.19. The van der Waals surface area contributed by atoms with Crippen LogP contribution < -0.4 is 10.6 Å². The van der Waals surface area contributed by atoms with Crippen LogP contribution in [-0.2, 0) is 9.59 Å². The van der Waals surface area contributed by atoms with E-state index >= 15 is 0 Å². The molecule has 2 amide bonds. The Bertz CT molecular complexity index is 300. The molecule has 0 radical (unpaired) electrons.